The third-order valence-corrected chi connectivity index (χ3v) is 7.19. The zero-order valence-electron chi connectivity index (χ0n) is 18.4. The highest BCUT2D eigenvalue weighted by molar-refractivity contribution is 7.46. The first-order chi connectivity index (χ1) is 15.2. The largest absolute Gasteiger partial charge is 0.497 e. The standard InChI is InChI=1S/C24H32NO6P/c1-29-22-3-2-4-23(13-22)30-15-17-5-6-19-12-20(8-7-18(19)11-17)21-9-10-24(25,14-21)16-31-32(26,27)28/h2-4,7-8,12-13,17,21H,5-6,9-11,14-16,25H2,1H3,(H2,26,27,28)/t17?,21-,24+/m1/s1. The van der Waals surface area contributed by atoms with Crippen LogP contribution in [0.2, 0.25) is 0 Å². The maximum Gasteiger partial charge on any atom is 0.469 e. The Morgan fingerprint density at radius 3 is 2.72 bits per heavy atom. The fourth-order valence-electron chi connectivity index (χ4n) is 4.94. The number of rotatable bonds is 8. The summed E-state index contributed by atoms with van der Waals surface area (Å²) in [6.07, 6.45) is 5.37. The summed E-state index contributed by atoms with van der Waals surface area (Å²) in [5.41, 5.74) is 9.70. The van der Waals surface area contributed by atoms with E-state index in [1.807, 2.05) is 24.3 Å². The van der Waals surface area contributed by atoms with Crippen LogP contribution in [0.4, 0.5) is 0 Å². The van der Waals surface area contributed by atoms with E-state index in [1.165, 1.54) is 16.7 Å². The molecule has 8 heteroatoms. The Bertz CT molecular complexity index is 992. The first-order valence-electron chi connectivity index (χ1n) is 11.1. The first kappa shape index (κ1) is 23.3. The van der Waals surface area contributed by atoms with Gasteiger partial charge in [-0.3, -0.25) is 4.52 Å². The summed E-state index contributed by atoms with van der Waals surface area (Å²) in [5, 5.41) is 0. The average Bonchev–Trinajstić information content (AvgIpc) is 3.18. The molecule has 0 aliphatic heterocycles. The van der Waals surface area contributed by atoms with Gasteiger partial charge in [0.1, 0.15) is 11.5 Å². The Labute approximate surface area is 189 Å². The number of aryl methyl sites for hydroxylation is 1. The maximum absolute atomic E-state index is 11.0. The van der Waals surface area contributed by atoms with Crippen molar-refractivity contribution in [1.29, 1.82) is 0 Å². The van der Waals surface area contributed by atoms with Gasteiger partial charge in [0.25, 0.3) is 0 Å². The molecule has 0 amide bonds. The van der Waals surface area contributed by atoms with Crippen LogP contribution >= 0.6 is 7.82 Å². The molecule has 1 unspecified atom stereocenters. The molecule has 4 N–H and O–H groups in total. The summed E-state index contributed by atoms with van der Waals surface area (Å²) >= 11 is 0. The Hall–Kier alpha value is -1.89. The van der Waals surface area contributed by atoms with Crippen molar-refractivity contribution in [2.75, 3.05) is 20.3 Å². The predicted octanol–water partition coefficient (Wildman–Crippen LogP) is 3.95. The lowest BCUT2D eigenvalue weighted by Crippen LogP contribution is -2.41. The van der Waals surface area contributed by atoms with E-state index in [0.717, 1.165) is 37.2 Å². The second kappa shape index (κ2) is 9.54. The van der Waals surface area contributed by atoms with Crippen molar-refractivity contribution in [2.45, 2.75) is 50.0 Å². The monoisotopic (exact) mass is 461 g/mol. The zero-order valence-corrected chi connectivity index (χ0v) is 19.3. The van der Waals surface area contributed by atoms with Crippen LogP contribution in [-0.2, 0) is 21.9 Å². The highest BCUT2D eigenvalue weighted by Gasteiger charge is 2.38. The molecule has 2 aliphatic carbocycles. The van der Waals surface area contributed by atoms with E-state index in [1.54, 1.807) is 7.11 Å². The zero-order chi connectivity index (χ0) is 22.8. The summed E-state index contributed by atoms with van der Waals surface area (Å²) in [7, 11) is -2.85. The van der Waals surface area contributed by atoms with Crippen LogP contribution < -0.4 is 15.2 Å². The lowest BCUT2D eigenvalue weighted by atomic mass is 9.82. The van der Waals surface area contributed by atoms with E-state index in [-0.39, 0.29) is 6.61 Å². The van der Waals surface area contributed by atoms with Crippen LogP contribution in [0.15, 0.2) is 42.5 Å². The summed E-state index contributed by atoms with van der Waals surface area (Å²) < 4.78 is 27.0. The van der Waals surface area contributed by atoms with Gasteiger partial charge in [-0.25, -0.2) is 4.57 Å². The number of phosphoric acid groups is 1. The number of phosphoric ester groups is 1. The quantitative estimate of drug-likeness (QED) is 0.511. The van der Waals surface area contributed by atoms with Gasteiger partial charge in [-0.2, -0.15) is 0 Å². The van der Waals surface area contributed by atoms with E-state index in [2.05, 4.69) is 18.2 Å². The van der Waals surface area contributed by atoms with Crippen LogP contribution in [0, 0.1) is 5.92 Å². The van der Waals surface area contributed by atoms with E-state index in [0.29, 0.717) is 31.3 Å². The van der Waals surface area contributed by atoms with Crippen LogP contribution in [0.5, 0.6) is 11.5 Å². The molecule has 0 radical (unpaired) electrons. The molecule has 0 bridgehead atoms. The number of hydrogen-bond donors (Lipinski definition) is 3. The highest BCUT2D eigenvalue weighted by Crippen LogP contribution is 2.44. The van der Waals surface area contributed by atoms with Crippen molar-refractivity contribution in [1.82, 2.24) is 0 Å². The van der Waals surface area contributed by atoms with Crippen molar-refractivity contribution >= 4 is 7.82 Å². The van der Waals surface area contributed by atoms with Gasteiger partial charge < -0.3 is 25.0 Å². The molecule has 2 aliphatic rings. The van der Waals surface area contributed by atoms with Crippen molar-refractivity contribution in [3.8, 4) is 11.5 Å². The normalized spacial score (nSPS) is 25.4. The predicted molar refractivity (Wildman–Crippen MR) is 122 cm³/mol. The minimum atomic E-state index is -4.50. The number of fused-ring (bicyclic) bond motifs is 1. The second-order valence-electron chi connectivity index (χ2n) is 9.19. The topological polar surface area (TPSA) is 111 Å². The van der Waals surface area contributed by atoms with Gasteiger partial charge in [0.2, 0.25) is 0 Å². The molecule has 32 heavy (non-hydrogen) atoms. The third kappa shape index (κ3) is 5.91. The van der Waals surface area contributed by atoms with Gasteiger partial charge >= 0.3 is 7.82 Å². The van der Waals surface area contributed by atoms with E-state index in [9.17, 15) is 4.57 Å². The molecule has 0 spiro atoms. The third-order valence-electron chi connectivity index (χ3n) is 6.72. The fourth-order valence-corrected chi connectivity index (χ4v) is 5.36. The van der Waals surface area contributed by atoms with E-state index < -0.39 is 13.4 Å². The van der Waals surface area contributed by atoms with Gasteiger partial charge in [-0.15, -0.1) is 0 Å². The summed E-state index contributed by atoms with van der Waals surface area (Å²) in [6, 6.07) is 14.4. The summed E-state index contributed by atoms with van der Waals surface area (Å²) in [4.78, 5) is 17.9. The molecule has 4 rings (SSSR count). The molecule has 7 nitrogen and oxygen atoms in total. The number of nitrogens with two attached hydrogens (primary N) is 1. The molecule has 1 saturated carbocycles. The van der Waals surface area contributed by atoms with Gasteiger partial charge in [0, 0.05) is 11.6 Å². The second-order valence-corrected chi connectivity index (χ2v) is 10.4. The average molecular weight is 461 g/mol. The number of methoxy groups -OCH3 is 1. The van der Waals surface area contributed by atoms with E-state index in [4.69, 9.17) is 29.5 Å². The number of ether oxygens (including phenoxy) is 2. The van der Waals surface area contributed by atoms with Crippen LogP contribution in [0.25, 0.3) is 0 Å². The lowest BCUT2D eigenvalue weighted by molar-refractivity contribution is 0.153. The molecule has 2 aromatic rings. The number of benzene rings is 2. The van der Waals surface area contributed by atoms with Crippen LogP contribution in [0.3, 0.4) is 0 Å². The first-order valence-corrected chi connectivity index (χ1v) is 12.6. The van der Waals surface area contributed by atoms with Crippen molar-refractivity contribution < 1.29 is 28.3 Å². The minimum absolute atomic E-state index is 0.117. The fraction of sp³-hybridized carbons (Fsp3) is 0.500. The molecule has 0 heterocycles. The summed E-state index contributed by atoms with van der Waals surface area (Å²) in [5.74, 6) is 2.40. The maximum atomic E-state index is 11.0. The SMILES string of the molecule is COc1cccc(OCC2CCc3cc([C@@H]4CC[C@@](N)(COP(=O)(O)O)C4)ccc3C2)c1. The Morgan fingerprint density at radius 1 is 1.12 bits per heavy atom. The van der Waals surface area contributed by atoms with Gasteiger partial charge in [-0.05, 0) is 79.2 Å². The van der Waals surface area contributed by atoms with Crippen molar-refractivity contribution in [2.24, 2.45) is 11.7 Å². The van der Waals surface area contributed by atoms with Crippen molar-refractivity contribution in [3.63, 3.8) is 0 Å². The molecule has 174 valence electrons. The van der Waals surface area contributed by atoms with E-state index >= 15 is 0 Å². The molecule has 0 aromatic heterocycles. The van der Waals surface area contributed by atoms with Crippen molar-refractivity contribution in [3.05, 3.63) is 59.2 Å². The Balaban J connectivity index is 1.34. The Morgan fingerprint density at radius 2 is 1.94 bits per heavy atom. The smallest absolute Gasteiger partial charge is 0.469 e. The van der Waals surface area contributed by atoms with Crippen LogP contribution in [-0.4, -0.2) is 35.6 Å². The van der Waals surface area contributed by atoms with Crippen LogP contribution in [0.1, 0.15) is 48.3 Å². The van der Waals surface area contributed by atoms with Gasteiger partial charge in [-0.1, -0.05) is 24.3 Å². The lowest BCUT2D eigenvalue weighted by Gasteiger charge is -2.27. The molecule has 0 saturated heterocycles. The molecular formula is C24H32NO6P. The molecule has 3 atom stereocenters. The highest BCUT2D eigenvalue weighted by atomic mass is 31.2. The minimum Gasteiger partial charge on any atom is -0.497 e. The summed E-state index contributed by atoms with van der Waals surface area (Å²) in [6.45, 7) is 0.569. The Kier molecular flexibility index (Phi) is 6.94. The molecular weight excluding hydrogens is 429 g/mol. The molecule has 2 aromatic carbocycles. The molecule has 1 fully saturated rings. The number of hydrogen-bond acceptors (Lipinski definition) is 5. The van der Waals surface area contributed by atoms with Gasteiger partial charge in [0.15, 0.2) is 0 Å². The van der Waals surface area contributed by atoms with Gasteiger partial charge in [0.05, 0.1) is 20.3 Å².